The van der Waals surface area contributed by atoms with E-state index >= 15 is 0 Å². The van der Waals surface area contributed by atoms with Crippen molar-refractivity contribution in [2.75, 3.05) is 13.1 Å². The molecule has 2 amide bonds. The van der Waals surface area contributed by atoms with E-state index in [0.717, 1.165) is 44.9 Å². The van der Waals surface area contributed by atoms with Crippen LogP contribution in [0.1, 0.15) is 99.3 Å². The molecule has 4 aliphatic rings. The van der Waals surface area contributed by atoms with Gasteiger partial charge in [0.25, 0.3) is 0 Å². The zero-order valence-electron chi connectivity index (χ0n) is 21.4. The molecule has 6 nitrogen and oxygen atoms in total. The van der Waals surface area contributed by atoms with Crippen molar-refractivity contribution < 1.29 is 19.2 Å². The van der Waals surface area contributed by atoms with Gasteiger partial charge in [0.15, 0.2) is 0 Å². The Balaban J connectivity index is 1.20. The van der Waals surface area contributed by atoms with Crippen LogP contribution >= 0.6 is 0 Å². The Morgan fingerprint density at radius 2 is 1.00 bits per heavy atom. The topological polar surface area (TPSA) is 92.3 Å². The molecule has 0 aromatic rings. The van der Waals surface area contributed by atoms with Gasteiger partial charge in [-0.2, -0.15) is 0 Å². The first-order chi connectivity index (χ1) is 15.2. The third kappa shape index (κ3) is 2.84. The van der Waals surface area contributed by atoms with E-state index in [1.54, 1.807) is 0 Å². The minimum atomic E-state index is -0.562. The summed E-state index contributed by atoms with van der Waals surface area (Å²) in [5, 5.41) is 6.21. The van der Waals surface area contributed by atoms with E-state index in [1.807, 2.05) is 13.8 Å². The lowest BCUT2D eigenvalue weighted by Gasteiger charge is -2.38. The van der Waals surface area contributed by atoms with Gasteiger partial charge in [0.1, 0.15) is 11.6 Å². The first-order valence-corrected chi connectivity index (χ1v) is 12.9. The third-order valence-corrected chi connectivity index (χ3v) is 11.7. The van der Waals surface area contributed by atoms with Crippen LogP contribution in [0, 0.1) is 32.5 Å². The van der Waals surface area contributed by atoms with Gasteiger partial charge < -0.3 is 10.6 Å². The maximum Gasteiger partial charge on any atom is 0.227 e. The van der Waals surface area contributed by atoms with Crippen LogP contribution in [0.25, 0.3) is 0 Å². The standard InChI is InChI=1S/C27H42N2O4/c1-22(2)24(5)10-12-26(22,16-18(24)30)20(32)28-14-8-7-9-15-29-21(33)27-13-11-25(6,19(31)17-27)23(27,3)4/h7-17H2,1-6H3,(H,28,32)(H,29,33)/t24-,25+,26-,27+. The molecule has 6 heteroatoms. The number of fused-ring (bicyclic) bond motifs is 4. The van der Waals surface area contributed by atoms with Gasteiger partial charge in [-0.1, -0.05) is 41.5 Å². The molecule has 4 rings (SSSR count). The van der Waals surface area contributed by atoms with Crippen LogP contribution in [-0.4, -0.2) is 36.5 Å². The molecule has 0 heterocycles. The Bertz CT molecular complexity index is 836. The molecule has 4 bridgehead atoms. The van der Waals surface area contributed by atoms with Gasteiger partial charge in [-0.15, -0.1) is 0 Å². The number of nitrogens with one attached hydrogen (secondary N) is 2. The Morgan fingerprint density at radius 3 is 1.27 bits per heavy atom. The van der Waals surface area contributed by atoms with Gasteiger partial charge in [-0.05, 0) is 55.8 Å². The number of Topliss-reactive ketones (excluding diaryl/α,β-unsaturated/α-hetero) is 2. The molecular formula is C27H42N2O4. The number of unbranched alkanes of at least 4 members (excludes halogenated alkanes) is 2. The zero-order valence-corrected chi connectivity index (χ0v) is 21.4. The largest absolute Gasteiger partial charge is 0.356 e. The van der Waals surface area contributed by atoms with Crippen LogP contribution in [0.4, 0.5) is 0 Å². The van der Waals surface area contributed by atoms with Crippen molar-refractivity contribution >= 4 is 23.4 Å². The van der Waals surface area contributed by atoms with Crippen molar-refractivity contribution in [1.82, 2.24) is 10.6 Å². The lowest BCUT2D eigenvalue weighted by Crippen LogP contribution is -2.47. The van der Waals surface area contributed by atoms with E-state index < -0.39 is 10.8 Å². The van der Waals surface area contributed by atoms with Crippen molar-refractivity contribution in [3.8, 4) is 0 Å². The molecule has 0 saturated heterocycles. The van der Waals surface area contributed by atoms with Gasteiger partial charge in [0, 0.05) is 36.8 Å². The zero-order chi connectivity index (χ0) is 24.5. The predicted octanol–water partition coefficient (Wildman–Crippen LogP) is 3.96. The second-order valence-electron chi connectivity index (χ2n) is 12.9. The average Bonchev–Trinajstić information content (AvgIpc) is 3.20. The minimum Gasteiger partial charge on any atom is -0.356 e. The van der Waals surface area contributed by atoms with Gasteiger partial charge in [0.2, 0.25) is 11.8 Å². The maximum absolute atomic E-state index is 13.1. The number of ketones is 2. The molecule has 0 unspecified atom stereocenters. The molecule has 184 valence electrons. The van der Waals surface area contributed by atoms with Crippen LogP contribution in [-0.2, 0) is 19.2 Å². The average molecular weight is 459 g/mol. The Kier molecular flexibility index (Phi) is 5.46. The Morgan fingerprint density at radius 1 is 0.636 bits per heavy atom. The minimum absolute atomic E-state index is 0.0342. The highest BCUT2D eigenvalue weighted by molar-refractivity contribution is 6.00. The lowest BCUT2D eigenvalue weighted by atomic mass is 9.64. The summed E-state index contributed by atoms with van der Waals surface area (Å²) >= 11 is 0. The van der Waals surface area contributed by atoms with E-state index in [1.165, 1.54) is 0 Å². The molecule has 0 spiro atoms. The number of hydrogen-bond acceptors (Lipinski definition) is 4. The van der Waals surface area contributed by atoms with Gasteiger partial charge in [-0.3, -0.25) is 19.2 Å². The summed E-state index contributed by atoms with van der Waals surface area (Å²) in [6, 6.07) is 0. The highest BCUT2D eigenvalue weighted by Gasteiger charge is 2.73. The first-order valence-electron chi connectivity index (χ1n) is 12.9. The summed E-state index contributed by atoms with van der Waals surface area (Å²) < 4.78 is 0. The van der Waals surface area contributed by atoms with Crippen LogP contribution in [0.15, 0.2) is 0 Å². The summed E-state index contributed by atoms with van der Waals surface area (Å²) in [5.74, 6) is 0.538. The molecule has 0 aliphatic heterocycles. The van der Waals surface area contributed by atoms with Gasteiger partial charge in [0.05, 0.1) is 10.8 Å². The SMILES string of the molecule is CC1(C)[C@@]2(C(=O)NCCCCCNC(=O)[C@@]34CC[C@](C)(C(=O)C3)C4(C)C)CC[C@@]1(C)C(=O)C2. The molecule has 0 radical (unpaired) electrons. The molecule has 2 N–H and O–H groups in total. The normalized spacial score (nSPS) is 39.8. The highest BCUT2D eigenvalue weighted by Crippen LogP contribution is 2.71. The van der Waals surface area contributed by atoms with E-state index in [9.17, 15) is 19.2 Å². The van der Waals surface area contributed by atoms with Crippen molar-refractivity contribution in [3.05, 3.63) is 0 Å². The smallest absolute Gasteiger partial charge is 0.227 e. The number of amides is 2. The molecule has 4 fully saturated rings. The Hall–Kier alpha value is -1.72. The number of carbonyl (C=O) groups excluding carboxylic acids is 4. The monoisotopic (exact) mass is 458 g/mol. The van der Waals surface area contributed by atoms with E-state index in [-0.39, 0.29) is 45.0 Å². The summed E-state index contributed by atoms with van der Waals surface area (Å²) in [6.45, 7) is 13.6. The van der Waals surface area contributed by atoms with Crippen molar-refractivity contribution in [3.63, 3.8) is 0 Å². The van der Waals surface area contributed by atoms with Crippen LogP contribution < -0.4 is 10.6 Å². The summed E-state index contributed by atoms with van der Waals surface area (Å²) in [7, 11) is 0. The molecule has 4 atom stereocenters. The van der Waals surface area contributed by atoms with Gasteiger partial charge in [-0.25, -0.2) is 0 Å². The fourth-order valence-electron chi connectivity index (χ4n) is 7.89. The lowest BCUT2D eigenvalue weighted by molar-refractivity contribution is -0.136. The highest BCUT2D eigenvalue weighted by atomic mass is 16.2. The Labute approximate surface area is 198 Å². The molecule has 0 aromatic carbocycles. The number of hydrogen-bond donors (Lipinski definition) is 2. The predicted molar refractivity (Wildman–Crippen MR) is 126 cm³/mol. The summed E-state index contributed by atoms with van der Waals surface area (Å²) in [4.78, 5) is 51.3. The quantitative estimate of drug-likeness (QED) is 0.539. The summed E-state index contributed by atoms with van der Waals surface area (Å²) in [6.07, 6.45) is 6.51. The van der Waals surface area contributed by atoms with E-state index in [0.29, 0.717) is 25.9 Å². The summed E-state index contributed by atoms with van der Waals surface area (Å²) in [5.41, 5.74) is -2.50. The van der Waals surface area contributed by atoms with Crippen LogP contribution in [0.2, 0.25) is 0 Å². The van der Waals surface area contributed by atoms with Crippen molar-refractivity contribution in [2.24, 2.45) is 32.5 Å². The van der Waals surface area contributed by atoms with E-state index in [2.05, 4.69) is 38.3 Å². The number of rotatable bonds is 8. The molecule has 0 aromatic heterocycles. The fourth-order valence-corrected chi connectivity index (χ4v) is 7.89. The molecular weight excluding hydrogens is 416 g/mol. The second-order valence-corrected chi connectivity index (χ2v) is 12.9. The fraction of sp³-hybridized carbons (Fsp3) is 0.852. The molecule has 4 saturated carbocycles. The van der Waals surface area contributed by atoms with Gasteiger partial charge >= 0.3 is 0 Å². The van der Waals surface area contributed by atoms with E-state index in [4.69, 9.17) is 0 Å². The molecule has 4 aliphatic carbocycles. The van der Waals surface area contributed by atoms with Crippen LogP contribution in [0.5, 0.6) is 0 Å². The van der Waals surface area contributed by atoms with Crippen molar-refractivity contribution in [1.29, 1.82) is 0 Å². The first kappa shape index (κ1) is 24.4. The maximum atomic E-state index is 13.1. The molecule has 33 heavy (non-hydrogen) atoms. The van der Waals surface area contributed by atoms with Crippen molar-refractivity contribution in [2.45, 2.75) is 99.3 Å². The third-order valence-electron chi connectivity index (χ3n) is 11.7. The van der Waals surface area contributed by atoms with Crippen LogP contribution in [0.3, 0.4) is 0 Å². The second kappa shape index (κ2) is 7.39. The number of carbonyl (C=O) groups is 4.